The number of carbonyl (C=O) groups is 2. The molecule has 0 aliphatic rings. The van der Waals surface area contributed by atoms with E-state index in [9.17, 15) is 19.7 Å². The van der Waals surface area contributed by atoms with Crippen LogP contribution in [-0.4, -0.2) is 17.2 Å². The first kappa shape index (κ1) is 13.4. The molecule has 0 aromatic heterocycles. The molecule has 0 unspecified atom stereocenters. The summed E-state index contributed by atoms with van der Waals surface area (Å²) < 4.78 is 4.66. The van der Waals surface area contributed by atoms with Gasteiger partial charge in [-0.05, 0) is 6.07 Å². The molecule has 0 amide bonds. The third kappa shape index (κ3) is 2.69. The molecule has 0 aliphatic heterocycles. The first-order valence-corrected chi connectivity index (χ1v) is 5.62. The van der Waals surface area contributed by atoms with Gasteiger partial charge in [-0.1, -0.05) is 30.3 Å². The summed E-state index contributed by atoms with van der Waals surface area (Å²) >= 11 is 0. The Morgan fingerprint density at radius 3 is 2.45 bits per heavy atom. The maximum atomic E-state index is 12.3. The Bertz CT molecular complexity index is 667. The van der Waals surface area contributed by atoms with Gasteiger partial charge in [0.25, 0.3) is 12.2 Å². The summed E-state index contributed by atoms with van der Waals surface area (Å²) in [5.74, 6) is -0.514. The molecule has 0 bridgehead atoms. The Morgan fingerprint density at radius 1 is 1.15 bits per heavy atom. The zero-order valence-electron chi connectivity index (χ0n) is 10.2. The van der Waals surface area contributed by atoms with E-state index < -0.39 is 4.92 Å². The van der Waals surface area contributed by atoms with Gasteiger partial charge in [0.05, 0.1) is 16.6 Å². The SMILES string of the molecule is O=COc1cc([N+](=O)[O-])ccc1C(=O)c1ccccc1. The average Bonchev–Trinajstić information content (AvgIpc) is 2.47. The molecule has 0 N–H and O–H groups in total. The molecular formula is C14H9NO5. The third-order valence-electron chi connectivity index (χ3n) is 2.63. The Labute approximate surface area is 113 Å². The monoisotopic (exact) mass is 271 g/mol. The van der Waals surface area contributed by atoms with Crippen molar-refractivity contribution < 1.29 is 19.2 Å². The molecule has 0 saturated carbocycles. The summed E-state index contributed by atoms with van der Waals surface area (Å²) in [5.41, 5.74) is 0.234. The van der Waals surface area contributed by atoms with Crippen LogP contribution in [0, 0.1) is 10.1 Å². The standard InChI is InChI=1S/C14H9NO5/c16-9-20-13-8-11(15(18)19)6-7-12(13)14(17)10-4-2-1-3-5-10/h1-9H. The molecule has 0 radical (unpaired) electrons. The molecule has 2 aromatic carbocycles. The number of nitrogens with zero attached hydrogens (tertiary/aromatic N) is 1. The van der Waals surface area contributed by atoms with Crippen molar-refractivity contribution in [1.29, 1.82) is 0 Å². The predicted octanol–water partition coefficient (Wildman–Crippen LogP) is 2.36. The van der Waals surface area contributed by atoms with Crippen LogP contribution in [0.5, 0.6) is 5.75 Å². The number of benzene rings is 2. The van der Waals surface area contributed by atoms with E-state index in [2.05, 4.69) is 4.74 Å². The molecule has 20 heavy (non-hydrogen) atoms. The summed E-state index contributed by atoms with van der Waals surface area (Å²) in [6, 6.07) is 11.9. The second-order valence-electron chi connectivity index (χ2n) is 3.85. The quantitative estimate of drug-likeness (QED) is 0.360. The van der Waals surface area contributed by atoms with Crippen LogP contribution in [-0.2, 0) is 4.79 Å². The van der Waals surface area contributed by atoms with Gasteiger partial charge in [0.15, 0.2) is 5.78 Å². The second-order valence-corrected chi connectivity index (χ2v) is 3.85. The minimum atomic E-state index is -0.631. The summed E-state index contributed by atoms with van der Waals surface area (Å²) in [5, 5.41) is 10.7. The lowest BCUT2D eigenvalue weighted by Gasteiger charge is -2.06. The number of rotatable bonds is 5. The highest BCUT2D eigenvalue weighted by Crippen LogP contribution is 2.26. The summed E-state index contributed by atoms with van der Waals surface area (Å²) in [4.78, 5) is 32.8. The van der Waals surface area contributed by atoms with E-state index >= 15 is 0 Å². The second kappa shape index (κ2) is 5.75. The highest BCUT2D eigenvalue weighted by atomic mass is 16.6. The fourth-order valence-corrected chi connectivity index (χ4v) is 1.71. The number of nitro groups is 1. The van der Waals surface area contributed by atoms with E-state index in [1.807, 2.05) is 0 Å². The van der Waals surface area contributed by atoms with Gasteiger partial charge in [0, 0.05) is 11.6 Å². The van der Waals surface area contributed by atoms with Crippen LogP contribution < -0.4 is 4.74 Å². The summed E-state index contributed by atoms with van der Waals surface area (Å²) in [7, 11) is 0. The lowest BCUT2D eigenvalue weighted by molar-refractivity contribution is -0.384. The molecular weight excluding hydrogens is 262 g/mol. The van der Waals surface area contributed by atoms with Crippen LogP contribution >= 0.6 is 0 Å². The van der Waals surface area contributed by atoms with Crippen molar-refractivity contribution in [2.75, 3.05) is 0 Å². The number of carbonyl (C=O) groups excluding carboxylic acids is 2. The van der Waals surface area contributed by atoms with E-state index in [4.69, 9.17) is 0 Å². The first-order valence-electron chi connectivity index (χ1n) is 5.62. The van der Waals surface area contributed by atoms with Gasteiger partial charge in [-0.25, -0.2) is 0 Å². The van der Waals surface area contributed by atoms with Gasteiger partial charge in [0.1, 0.15) is 5.75 Å². The van der Waals surface area contributed by atoms with Crippen molar-refractivity contribution in [3.63, 3.8) is 0 Å². The molecule has 0 spiro atoms. The van der Waals surface area contributed by atoms with Crippen molar-refractivity contribution in [2.24, 2.45) is 0 Å². The van der Waals surface area contributed by atoms with Crippen LogP contribution in [0.15, 0.2) is 48.5 Å². The van der Waals surface area contributed by atoms with Crippen molar-refractivity contribution in [2.45, 2.75) is 0 Å². The van der Waals surface area contributed by atoms with Crippen molar-refractivity contribution in [3.05, 3.63) is 69.8 Å². The summed E-state index contributed by atoms with van der Waals surface area (Å²) in [6.07, 6.45) is 0. The van der Waals surface area contributed by atoms with E-state index in [1.165, 1.54) is 12.1 Å². The van der Waals surface area contributed by atoms with Gasteiger partial charge >= 0.3 is 0 Å². The highest BCUT2D eigenvalue weighted by Gasteiger charge is 2.18. The van der Waals surface area contributed by atoms with Gasteiger partial charge in [-0.2, -0.15) is 0 Å². The fourth-order valence-electron chi connectivity index (χ4n) is 1.71. The van der Waals surface area contributed by atoms with Crippen LogP contribution in [0.25, 0.3) is 0 Å². The number of ether oxygens (including phenoxy) is 1. The molecule has 6 heteroatoms. The fraction of sp³-hybridized carbons (Fsp3) is 0. The molecule has 2 aromatic rings. The lowest BCUT2D eigenvalue weighted by atomic mass is 10.0. The van der Waals surface area contributed by atoms with Gasteiger partial charge in [0.2, 0.25) is 0 Å². The maximum Gasteiger partial charge on any atom is 0.298 e. The topological polar surface area (TPSA) is 86.5 Å². The Balaban J connectivity index is 2.48. The van der Waals surface area contributed by atoms with E-state index in [0.717, 1.165) is 6.07 Å². The van der Waals surface area contributed by atoms with E-state index in [0.29, 0.717) is 5.56 Å². The molecule has 0 atom stereocenters. The minimum Gasteiger partial charge on any atom is -0.428 e. The maximum absolute atomic E-state index is 12.3. The number of nitro benzene ring substituents is 1. The van der Waals surface area contributed by atoms with Crippen molar-refractivity contribution in [1.82, 2.24) is 0 Å². The van der Waals surface area contributed by atoms with Gasteiger partial charge < -0.3 is 4.74 Å². The number of hydrogen-bond acceptors (Lipinski definition) is 5. The lowest BCUT2D eigenvalue weighted by Crippen LogP contribution is -2.05. The van der Waals surface area contributed by atoms with E-state index in [1.54, 1.807) is 30.3 Å². The Kier molecular flexibility index (Phi) is 3.85. The largest absolute Gasteiger partial charge is 0.428 e. The molecule has 2 rings (SSSR count). The zero-order valence-corrected chi connectivity index (χ0v) is 10.2. The smallest absolute Gasteiger partial charge is 0.298 e. The molecule has 100 valence electrons. The Morgan fingerprint density at radius 2 is 1.85 bits per heavy atom. The number of non-ortho nitro benzene ring substituents is 1. The van der Waals surface area contributed by atoms with Crippen LogP contribution in [0.2, 0.25) is 0 Å². The molecule has 0 aliphatic carbocycles. The van der Waals surface area contributed by atoms with Gasteiger partial charge in [-0.15, -0.1) is 0 Å². The molecule has 6 nitrogen and oxygen atoms in total. The zero-order chi connectivity index (χ0) is 14.5. The number of ketones is 1. The van der Waals surface area contributed by atoms with Crippen molar-refractivity contribution >= 4 is 17.9 Å². The molecule has 0 fully saturated rings. The van der Waals surface area contributed by atoms with E-state index in [-0.39, 0.29) is 29.3 Å². The molecule has 0 saturated heterocycles. The van der Waals surface area contributed by atoms with Crippen LogP contribution in [0.4, 0.5) is 5.69 Å². The highest BCUT2D eigenvalue weighted by molar-refractivity contribution is 6.11. The Hall–Kier alpha value is -3.02. The summed E-state index contributed by atoms with van der Waals surface area (Å²) in [6.45, 7) is 0.126. The molecule has 0 heterocycles. The number of hydrogen-bond donors (Lipinski definition) is 0. The van der Waals surface area contributed by atoms with Crippen LogP contribution in [0.3, 0.4) is 0 Å². The third-order valence-corrected chi connectivity index (χ3v) is 2.63. The van der Waals surface area contributed by atoms with Gasteiger partial charge in [-0.3, -0.25) is 19.7 Å². The van der Waals surface area contributed by atoms with Crippen LogP contribution in [0.1, 0.15) is 15.9 Å². The first-order chi connectivity index (χ1) is 9.63. The average molecular weight is 271 g/mol. The van der Waals surface area contributed by atoms with Crippen molar-refractivity contribution in [3.8, 4) is 5.75 Å². The minimum absolute atomic E-state index is 0.0916. The normalized spacial score (nSPS) is 9.80. The predicted molar refractivity (Wildman–Crippen MR) is 69.7 cm³/mol.